The quantitative estimate of drug-likeness (QED) is 0.581. The lowest BCUT2D eigenvalue weighted by Crippen LogP contribution is -1.98. The van der Waals surface area contributed by atoms with Gasteiger partial charge in [-0.2, -0.15) is 8.42 Å². The Kier molecular flexibility index (Phi) is 1.73. The van der Waals surface area contributed by atoms with E-state index < -0.39 is 16.1 Å². The maximum atomic E-state index is 12.7. The summed E-state index contributed by atoms with van der Waals surface area (Å²) in [5, 5.41) is 0. The van der Waals surface area contributed by atoms with E-state index >= 15 is 0 Å². The number of benzene rings is 1. The van der Waals surface area contributed by atoms with Gasteiger partial charge in [0.2, 0.25) is 10.3 Å². The summed E-state index contributed by atoms with van der Waals surface area (Å²) in [7, 11) is -2.31. The molecule has 0 saturated carbocycles. The van der Waals surface area contributed by atoms with Crippen molar-refractivity contribution in [2.45, 2.75) is 0 Å². The highest BCUT2D eigenvalue weighted by Crippen LogP contribution is 2.24. The van der Waals surface area contributed by atoms with Crippen LogP contribution in [0, 0.1) is 5.82 Å². The third-order valence-corrected chi connectivity index (χ3v) is 2.41. The minimum Gasteiger partial charge on any atom is -0.254 e. The first-order valence-corrected chi connectivity index (χ1v) is 4.56. The zero-order valence-corrected chi connectivity index (χ0v) is 7.18. The highest BCUT2D eigenvalue weighted by Gasteiger charge is 2.14. The minimum atomic E-state index is -2.31. The summed E-state index contributed by atoms with van der Waals surface area (Å²) in [4.78, 5) is 3.87. The molecule has 0 radical (unpaired) electrons. The van der Waals surface area contributed by atoms with Crippen LogP contribution in [-0.2, 0) is 10.3 Å². The monoisotopic (exact) mass is 197 g/mol. The number of halogens is 1. The lowest BCUT2D eigenvalue weighted by Gasteiger charge is -1.94. The number of hydrogen-bond donors (Lipinski definition) is 0. The summed E-state index contributed by atoms with van der Waals surface area (Å²) in [6.07, 6.45) is 1.22. The van der Waals surface area contributed by atoms with Crippen molar-refractivity contribution in [2.24, 2.45) is 4.99 Å². The Morgan fingerprint density at radius 2 is 2.08 bits per heavy atom. The number of hydrogen-bond acceptors (Lipinski definition) is 3. The maximum Gasteiger partial charge on any atom is 0.223 e. The first kappa shape index (κ1) is 8.12. The lowest BCUT2D eigenvalue weighted by atomic mass is 10.1. The zero-order chi connectivity index (χ0) is 9.42. The van der Waals surface area contributed by atoms with Crippen molar-refractivity contribution in [1.29, 1.82) is 0 Å². The van der Waals surface area contributed by atoms with E-state index in [1.54, 1.807) is 0 Å². The second-order valence-corrected chi connectivity index (χ2v) is 3.43. The molecule has 0 aromatic heterocycles. The van der Waals surface area contributed by atoms with Crippen LogP contribution in [0.15, 0.2) is 23.2 Å². The van der Waals surface area contributed by atoms with Gasteiger partial charge in [0.05, 0.1) is 11.9 Å². The van der Waals surface area contributed by atoms with E-state index in [0.717, 1.165) is 0 Å². The summed E-state index contributed by atoms with van der Waals surface area (Å²) in [6.45, 7) is 0. The van der Waals surface area contributed by atoms with E-state index in [1.165, 1.54) is 24.4 Å². The Labute approximate surface area is 75.1 Å². The predicted molar refractivity (Wildman–Crippen MR) is 47.6 cm³/mol. The molecule has 1 aliphatic rings. The van der Waals surface area contributed by atoms with Gasteiger partial charge < -0.3 is 0 Å². The standard InChI is InChI=1S/C8H4FNO2S/c9-5-1-2-6-7(3-5)10-4-8(6)13(11)12/h1-4H. The summed E-state index contributed by atoms with van der Waals surface area (Å²) in [5.74, 6) is -0.422. The lowest BCUT2D eigenvalue weighted by molar-refractivity contribution is 0.626. The molecule has 1 aromatic carbocycles. The highest BCUT2D eigenvalue weighted by molar-refractivity contribution is 7.75. The van der Waals surface area contributed by atoms with Crippen molar-refractivity contribution >= 4 is 27.1 Å². The van der Waals surface area contributed by atoms with Gasteiger partial charge in [0.1, 0.15) is 10.7 Å². The third kappa shape index (κ3) is 1.27. The summed E-state index contributed by atoms with van der Waals surface area (Å²) in [6, 6.07) is 3.81. The molecule has 66 valence electrons. The van der Waals surface area contributed by atoms with Crippen molar-refractivity contribution in [2.75, 3.05) is 0 Å². The fraction of sp³-hybridized carbons (Fsp3) is 0. The van der Waals surface area contributed by atoms with Crippen LogP contribution in [0.4, 0.5) is 10.1 Å². The molecular formula is C8H4FNO2S. The van der Waals surface area contributed by atoms with Crippen molar-refractivity contribution in [3.63, 3.8) is 0 Å². The van der Waals surface area contributed by atoms with Crippen LogP contribution < -0.4 is 0 Å². The van der Waals surface area contributed by atoms with Crippen LogP contribution in [0.25, 0.3) is 0 Å². The fourth-order valence-corrected chi connectivity index (χ4v) is 1.64. The van der Waals surface area contributed by atoms with E-state index in [2.05, 4.69) is 4.99 Å². The first-order chi connectivity index (χ1) is 6.18. The summed E-state index contributed by atoms with van der Waals surface area (Å²) in [5.41, 5.74) is 0.814. The van der Waals surface area contributed by atoms with Gasteiger partial charge in [-0.15, -0.1) is 0 Å². The Morgan fingerprint density at radius 1 is 1.31 bits per heavy atom. The van der Waals surface area contributed by atoms with Gasteiger partial charge in [0.15, 0.2) is 0 Å². The molecule has 2 rings (SSSR count). The van der Waals surface area contributed by atoms with Gasteiger partial charge in [-0.1, -0.05) is 0 Å². The van der Waals surface area contributed by atoms with Gasteiger partial charge >= 0.3 is 0 Å². The predicted octanol–water partition coefficient (Wildman–Crippen LogP) is 0.941. The molecule has 13 heavy (non-hydrogen) atoms. The second kappa shape index (κ2) is 2.77. The smallest absolute Gasteiger partial charge is 0.223 e. The van der Waals surface area contributed by atoms with Crippen molar-refractivity contribution in [1.82, 2.24) is 0 Å². The van der Waals surface area contributed by atoms with E-state index in [1.807, 2.05) is 0 Å². The van der Waals surface area contributed by atoms with Gasteiger partial charge in [0.25, 0.3) is 0 Å². The Morgan fingerprint density at radius 3 is 2.77 bits per heavy atom. The molecule has 0 bridgehead atoms. The molecule has 0 spiro atoms. The van der Waals surface area contributed by atoms with Gasteiger partial charge in [-0.05, 0) is 12.1 Å². The average molecular weight is 197 g/mol. The van der Waals surface area contributed by atoms with Crippen molar-refractivity contribution in [3.05, 3.63) is 29.6 Å². The highest BCUT2D eigenvalue weighted by atomic mass is 32.2. The van der Waals surface area contributed by atoms with Crippen molar-refractivity contribution < 1.29 is 12.8 Å². The van der Waals surface area contributed by atoms with E-state index in [-0.39, 0.29) is 4.86 Å². The zero-order valence-electron chi connectivity index (χ0n) is 6.36. The third-order valence-electron chi connectivity index (χ3n) is 1.73. The largest absolute Gasteiger partial charge is 0.254 e. The fourth-order valence-electron chi connectivity index (χ4n) is 1.15. The molecule has 1 heterocycles. The average Bonchev–Trinajstić information content (AvgIpc) is 2.46. The topological polar surface area (TPSA) is 46.5 Å². The van der Waals surface area contributed by atoms with Crippen molar-refractivity contribution in [3.8, 4) is 0 Å². The molecular weight excluding hydrogens is 193 g/mol. The molecule has 0 atom stereocenters. The molecule has 1 aromatic rings. The van der Waals surface area contributed by atoms with E-state index in [9.17, 15) is 12.8 Å². The molecule has 0 fully saturated rings. The van der Waals surface area contributed by atoms with Crippen LogP contribution in [0.5, 0.6) is 0 Å². The van der Waals surface area contributed by atoms with Crippen LogP contribution in [0.3, 0.4) is 0 Å². The molecule has 0 unspecified atom stereocenters. The number of fused-ring (bicyclic) bond motifs is 1. The minimum absolute atomic E-state index is 0.106. The van der Waals surface area contributed by atoms with Crippen LogP contribution in [0.1, 0.15) is 5.56 Å². The first-order valence-electron chi connectivity index (χ1n) is 3.48. The Bertz CT molecular complexity index is 523. The van der Waals surface area contributed by atoms with Crippen LogP contribution in [-0.4, -0.2) is 19.5 Å². The maximum absolute atomic E-state index is 12.7. The molecule has 1 aliphatic heterocycles. The van der Waals surface area contributed by atoms with Crippen LogP contribution in [0.2, 0.25) is 0 Å². The molecule has 3 nitrogen and oxygen atoms in total. The second-order valence-electron chi connectivity index (χ2n) is 2.52. The normalized spacial score (nSPS) is 13.2. The molecule has 0 N–H and O–H groups in total. The summed E-state index contributed by atoms with van der Waals surface area (Å²) >= 11 is 0. The molecule has 0 aliphatic carbocycles. The van der Waals surface area contributed by atoms with Crippen LogP contribution >= 0.6 is 0 Å². The SMILES string of the molecule is O=S(=O)=C1C=Nc2cc(F)ccc21. The number of aliphatic imine (C=N–C) groups is 1. The van der Waals surface area contributed by atoms with E-state index in [0.29, 0.717) is 11.3 Å². The number of rotatable bonds is 0. The van der Waals surface area contributed by atoms with Gasteiger partial charge in [-0.3, -0.25) is 4.99 Å². The Balaban J connectivity index is 2.77. The summed E-state index contributed by atoms with van der Waals surface area (Å²) < 4.78 is 33.9. The number of nitrogens with zero attached hydrogens (tertiary/aromatic N) is 1. The van der Waals surface area contributed by atoms with Gasteiger partial charge in [-0.25, -0.2) is 4.39 Å². The Hall–Kier alpha value is -1.49. The molecule has 5 heteroatoms. The molecule has 0 amide bonds. The van der Waals surface area contributed by atoms with Gasteiger partial charge in [0, 0.05) is 11.6 Å². The molecule has 0 saturated heterocycles. The van der Waals surface area contributed by atoms with E-state index in [4.69, 9.17) is 0 Å².